The molecule has 0 radical (unpaired) electrons. The van der Waals surface area contributed by atoms with Gasteiger partial charge in [-0.25, -0.2) is 4.79 Å². The number of rotatable bonds is 6. The fourth-order valence-electron chi connectivity index (χ4n) is 2.08. The number of carbonyl (C=O) groups is 1. The molecule has 0 N–H and O–H groups in total. The van der Waals surface area contributed by atoms with Crippen LogP contribution in [-0.2, 0) is 9.53 Å². The van der Waals surface area contributed by atoms with E-state index in [2.05, 4.69) is 6.92 Å². The monoisotopic (exact) mass is 262 g/mol. The molecule has 0 fully saturated rings. The highest BCUT2D eigenvalue weighted by Gasteiger charge is 2.15. The Kier molecular flexibility index (Phi) is 6.13. The molecule has 0 amide bonds. The van der Waals surface area contributed by atoms with Crippen LogP contribution < -0.4 is 4.74 Å². The lowest BCUT2D eigenvalue weighted by molar-refractivity contribution is -0.138. The Morgan fingerprint density at radius 3 is 2.11 bits per heavy atom. The molecule has 0 aromatic heterocycles. The Morgan fingerprint density at radius 2 is 1.68 bits per heavy atom. The van der Waals surface area contributed by atoms with Crippen LogP contribution in [0.1, 0.15) is 39.2 Å². The second-order valence-electron chi connectivity index (χ2n) is 4.11. The number of carbonyl (C=O) groups excluding carboxylic acids is 1. The second kappa shape index (κ2) is 7.62. The molecule has 0 unspecified atom stereocenters. The van der Waals surface area contributed by atoms with Gasteiger partial charge in [-0.1, -0.05) is 26.0 Å². The Balaban J connectivity index is 3.16. The van der Waals surface area contributed by atoms with Crippen molar-refractivity contribution in [3.63, 3.8) is 0 Å². The molecular weight excluding hydrogens is 240 g/mol. The summed E-state index contributed by atoms with van der Waals surface area (Å²) in [7, 11) is 1.64. The van der Waals surface area contributed by atoms with Crippen molar-refractivity contribution in [2.75, 3.05) is 13.7 Å². The summed E-state index contributed by atoms with van der Waals surface area (Å²) < 4.78 is 10.3. The Labute approximate surface area is 115 Å². The molecule has 1 aromatic rings. The van der Waals surface area contributed by atoms with Gasteiger partial charge in [0.05, 0.1) is 13.7 Å². The van der Waals surface area contributed by atoms with Crippen molar-refractivity contribution >= 4 is 11.5 Å². The Morgan fingerprint density at radius 1 is 1.05 bits per heavy atom. The second-order valence-corrected chi connectivity index (χ2v) is 4.11. The van der Waals surface area contributed by atoms with Gasteiger partial charge in [-0.2, -0.15) is 0 Å². The quantitative estimate of drug-likeness (QED) is 0.577. The minimum Gasteiger partial charge on any atom is -0.497 e. The average Bonchev–Trinajstić information content (AvgIpc) is 2.45. The van der Waals surface area contributed by atoms with Crippen molar-refractivity contribution in [1.82, 2.24) is 0 Å². The van der Waals surface area contributed by atoms with Gasteiger partial charge in [0.25, 0.3) is 0 Å². The first-order valence-corrected chi connectivity index (χ1v) is 6.71. The molecule has 1 rings (SSSR count). The summed E-state index contributed by atoms with van der Waals surface area (Å²) in [4.78, 5) is 12.0. The highest BCUT2D eigenvalue weighted by Crippen LogP contribution is 2.26. The summed E-state index contributed by atoms with van der Waals surface area (Å²) in [5.41, 5.74) is 2.85. The number of benzene rings is 1. The largest absolute Gasteiger partial charge is 0.497 e. The zero-order valence-electron chi connectivity index (χ0n) is 12.2. The molecule has 19 heavy (non-hydrogen) atoms. The lowest BCUT2D eigenvalue weighted by Gasteiger charge is -2.13. The molecule has 0 heterocycles. The van der Waals surface area contributed by atoms with Crippen molar-refractivity contribution in [3.8, 4) is 5.75 Å². The van der Waals surface area contributed by atoms with Gasteiger partial charge in [0.15, 0.2) is 0 Å². The molecule has 0 aliphatic carbocycles. The van der Waals surface area contributed by atoms with Crippen LogP contribution in [0.25, 0.3) is 5.57 Å². The summed E-state index contributed by atoms with van der Waals surface area (Å²) in [6, 6.07) is 7.77. The Bertz CT molecular complexity index is 444. The Hall–Kier alpha value is -1.77. The van der Waals surface area contributed by atoms with Gasteiger partial charge >= 0.3 is 5.97 Å². The first-order valence-electron chi connectivity index (χ1n) is 6.71. The maximum atomic E-state index is 12.0. The zero-order chi connectivity index (χ0) is 14.3. The number of esters is 1. The number of hydrogen-bond acceptors (Lipinski definition) is 3. The summed E-state index contributed by atoms with van der Waals surface area (Å²) in [6.45, 7) is 6.26. The summed E-state index contributed by atoms with van der Waals surface area (Å²) >= 11 is 0. The number of ether oxygens (including phenoxy) is 2. The molecule has 0 aliphatic rings. The van der Waals surface area contributed by atoms with Gasteiger partial charge in [0.2, 0.25) is 0 Å². The summed E-state index contributed by atoms with van der Waals surface area (Å²) in [5, 5.41) is 0. The third-order valence-corrected chi connectivity index (χ3v) is 3.03. The molecule has 0 aliphatic heterocycles. The van der Waals surface area contributed by atoms with E-state index >= 15 is 0 Å². The van der Waals surface area contributed by atoms with E-state index in [1.165, 1.54) is 0 Å². The lowest BCUT2D eigenvalue weighted by Crippen LogP contribution is -2.09. The van der Waals surface area contributed by atoms with Gasteiger partial charge in [-0.15, -0.1) is 0 Å². The van der Waals surface area contributed by atoms with Gasteiger partial charge in [-0.3, -0.25) is 0 Å². The number of methoxy groups -OCH3 is 1. The predicted molar refractivity (Wildman–Crippen MR) is 77.1 cm³/mol. The van der Waals surface area contributed by atoms with Crippen LogP contribution in [0.2, 0.25) is 0 Å². The molecule has 0 saturated heterocycles. The van der Waals surface area contributed by atoms with E-state index in [-0.39, 0.29) is 5.97 Å². The average molecular weight is 262 g/mol. The number of allylic oxidation sites excluding steroid dienone is 1. The minimum absolute atomic E-state index is 0.210. The van der Waals surface area contributed by atoms with E-state index in [0.29, 0.717) is 13.0 Å². The van der Waals surface area contributed by atoms with Gasteiger partial charge in [0, 0.05) is 5.57 Å². The third-order valence-electron chi connectivity index (χ3n) is 3.03. The lowest BCUT2D eigenvalue weighted by atomic mass is 9.96. The molecule has 3 heteroatoms. The van der Waals surface area contributed by atoms with E-state index in [4.69, 9.17) is 9.47 Å². The van der Waals surface area contributed by atoms with Crippen LogP contribution in [0.4, 0.5) is 0 Å². The molecule has 0 spiro atoms. The van der Waals surface area contributed by atoms with Crippen LogP contribution in [0.5, 0.6) is 5.75 Å². The normalized spacial score (nSPS) is 11.8. The highest BCUT2D eigenvalue weighted by molar-refractivity contribution is 5.97. The maximum absolute atomic E-state index is 12.0. The van der Waals surface area contributed by atoms with E-state index in [0.717, 1.165) is 28.9 Å². The topological polar surface area (TPSA) is 35.5 Å². The van der Waals surface area contributed by atoms with E-state index in [9.17, 15) is 4.79 Å². The molecule has 0 saturated carbocycles. The maximum Gasteiger partial charge on any atom is 0.334 e. The van der Waals surface area contributed by atoms with E-state index < -0.39 is 0 Å². The van der Waals surface area contributed by atoms with Crippen molar-refractivity contribution in [3.05, 3.63) is 35.4 Å². The van der Waals surface area contributed by atoms with Gasteiger partial charge < -0.3 is 9.47 Å². The van der Waals surface area contributed by atoms with Crippen LogP contribution in [0.3, 0.4) is 0 Å². The fraction of sp³-hybridized carbons (Fsp3) is 0.438. The summed E-state index contributed by atoms with van der Waals surface area (Å²) in [6.07, 6.45) is 1.47. The standard InChI is InChI=1S/C16H22O3/c1-5-14(15(6-2)16(17)19-7-3)12-8-10-13(18-4)11-9-12/h8-11H,5-7H2,1-4H3/b15-14-. The zero-order valence-corrected chi connectivity index (χ0v) is 12.2. The summed E-state index contributed by atoms with van der Waals surface area (Å²) in [5.74, 6) is 0.603. The van der Waals surface area contributed by atoms with Gasteiger partial charge in [0.1, 0.15) is 5.75 Å². The van der Waals surface area contributed by atoms with Crippen LogP contribution >= 0.6 is 0 Å². The van der Waals surface area contributed by atoms with Crippen LogP contribution in [-0.4, -0.2) is 19.7 Å². The van der Waals surface area contributed by atoms with Crippen molar-refractivity contribution in [2.45, 2.75) is 33.6 Å². The fourth-order valence-corrected chi connectivity index (χ4v) is 2.08. The van der Waals surface area contributed by atoms with E-state index in [1.807, 2.05) is 38.1 Å². The van der Waals surface area contributed by atoms with Crippen LogP contribution in [0.15, 0.2) is 29.8 Å². The van der Waals surface area contributed by atoms with Crippen molar-refractivity contribution in [2.24, 2.45) is 0 Å². The molecule has 3 nitrogen and oxygen atoms in total. The number of hydrogen-bond donors (Lipinski definition) is 0. The molecule has 0 atom stereocenters. The smallest absolute Gasteiger partial charge is 0.334 e. The van der Waals surface area contributed by atoms with Crippen LogP contribution in [0, 0.1) is 0 Å². The first-order chi connectivity index (χ1) is 9.17. The minimum atomic E-state index is -0.210. The predicted octanol–water partition coefficient (Wildman–Crippen LogP) is 3.83. The van der Waals surface area contributed by atoms with Crippen molar-refractivity contribution < 1.29 is 14.3 Å². The first kappa shape index (κ1) is 15.3. The van der Waals surface area contributed by atoms with Crippen molar-refractivity contribution in [1.29, 1.82) is 0 Å². The highest BCUT2D eigenvalue weighted by atomic mass is 16.5. The molecule has 1 aromatic carbocycles. The molecule has 0 bridgehead atoms. The van der Waals surface area contributed by atoms with E-state index in [1.54, 1.807) is 7.11 Å². The van der Waals surface area contributed by atoms with Gasteiger partial charge in [-0.05, 0) is 43.0 Å². The SMILES string of the molecule is CCOC(=O)/C(CC)=C(/CC)c1ccc(OC)cc1. The molecular formula is C16H22O3. The molecule has 104 valence electrons. The third kappa shape index (κ3) is 3.85.